The van der Waals surface area contributed by atoms with Crippen LogP contribution in [0.5, 0.6) is 11.5 Å². The first-order chi connectivity index (χ1) is 6.65. The summed E-state index contributed by atoms with van der Waals surface area (Å²) in [6.07, 6.45) is 0.677. The molecule has 76 valence electrons. The van der Waals surface area contributed by atoms with E-state index < -0.39 is 0 Å². The summed E-state index contributed by atoms with van der Waals surface area (Å²) in [5.74, 6) is 0.852. The molecule has 0 aliphatic heterocycles. The van der Waals surface area contributed by atoms with Crippen molar-refractivity contribution in [1.29, 1.82) is 0 Å². The first kappa shape index (κ1) is 10.9. The van der Waals surface area contributed by atoms with E-state index in [4.69, 9.17) is 21.1 Å². The van der Waals surface area contributed by atoms with Crippen LogP contribution < -0.4 is 9.47 Å². The molecule has 0 spiro atoms. The van der Waals surface area contributed by atoms with Gasteiger partial charge in [-0.15, -0.1) is 0 Å². The summed E-state index contributed by atoms with van der Waals surface area (Å²) in [6.45, 7) is 1.82. The molecule has 1 aromatic rings. The predicted octanol–water partition coefficient (Wildman–Crippen LogP) is 2.48. The lowest BCUT2D eigenvalue weighted by Gasteiger charge is -2.12. The lowest BCUT2D eigenvalue weighted by molar-refractivity contribution is 0.111. The molecule has 0 fully saturated rings. The summed E-state index contributed by atoms with van der Waals surface area (Å²) >= 11 is 5.90. The third-order valence-corrected chi connectivity index (χ3v) is 2.21. The van der Waals surface area contributed by atoms with Gasteiger partial charge < -0.3 is 9.47 Å². The van der Waals surface area contributed by atoms with Crippen LogP contribution in [0, 0.1) is 6.92 Å². The Balaban J connectivity index is 3.51. The van der Waals surface area contributed by atoms with Gasteiger partial charge in [-0.1, -0.05) is 11.6 Å². The van der Waals surface area contributed by atoms with Crippen LogP contribution in [0.3, 0.4) is 0 Å². The molecular weight excluding hydrogens is 204 g/mol. The van der Waals surface area contributed by atoms with Gasteiger partial charge in [0.25, 0.3) is 0 Å². The highest BCUT2D eigenvalue weighted by Crippen LogP contribution is 2.36. The first-order valence-corrected chi connectivity index (χ1v) is 4.39. The Morgan fingerprint density at radius 3 is 2.29 bits per heavy atom. The van der Waals surface area contributed by atoms with E-state index in [1.165, 1.54) is 14.2 Å². The zero-order valence-electron chi connectivity index (χ0n) is 8.26. The minimum atomic E-state index is 0.347. The van der Waals surface area contributed by atoms with Crippen molar-refractivity contribution < 1.29 is 14.3 Å². The Morgan fingerprint density at radius 1 is 1.29 bits per heavy atom. The van der Waals surface area contributed by atoms with Gasteiger partial charge in [-0.25, -0.2) is 0 Å². The van der Waals surface area contributed by atoms with Crippen LogP contribution in [0.25, 0.3) is 0 Å². The van der Waals surface area contributed by atoms with Crippen molar-refractivity contribution in [2.75, 3.05) is 14.2 Å². The van der Waals surface area contributed by atoms with E-state index in [0.29, 0.717) is 28.4 Å². The summed E-state index contributed by atoms with van der Waals surface area (Å²) < 4.78 is 10.1. The van der Waals surface area contributed by atoms with Gasteiger partial charge in [0, 0.05) is 0 Å². The summed E-state index contributed by atoms with van der Waals surface area (Å²) in [5, 5.41) is 0.410. The van der Waals surface area contributed by atoms with Crippen LogP contribution in [-0.2, 0) is 0 Å². The molecule has 3 nitrogen and oxygen atoms in total. The van der Waals surface area contributed by atoms with Gasteiger partial charge >= 0.3 is 0 Å². The van der Waals surface area contributed by atoms with Gasteiger partial charge in [0.05, 0.1) is 19.2 Å². The number of hydrogen-bond donors (Lipinski definition) is 0. The molecular formula is C10H11ClO3. The highest BCUT2D eigenvalue weighted by Gasteiger charge is 2.15. The molecule has 0 saturated heterocycles. The van der Waals surface area contributed by atoms with Crippen molar-refractivity contribution >= 4 is 17.9 Å². The number of halogens is 1. The molecule has 0 aliphatic carbocycles. The standard InChI is InChI=1S/C10H11ClO3/c1-6-4-8(11)10(14-3)7(5-12)9(6)13-2/h4-5H,1-3H3. The topological polar surface area (TPSA) is 35.5 Å². The summed E-state index contributed by atoms with van der Waals surface area (Å²) in [7, 11) is 2.96. The number of rotatable bonds is 3. The summed E-state index contributed by atoms with van der Waals surface area (Å²) in [5.41, 5.74) is 1.15. The second-order valence-electron chi connectivity index (χ2n) is 2.77. The number of benzene rings is 1. The highest BCUT2D eigenvalue weighted by molar-refractivity contribution is 6.32. The van der Waals surface area contributed by atoms with Crippen molar-refractivity contribution in [1.82, 2.24) is 0 Å². The average molecular weight is 215 g/mol. The summed E-state index contributed by atoms with van der Waals surface area (Å²) in [4.78, 5) is 10.9. The maximum absolute atomic E-state index is 10.9. The zero-order valence-corrected chi connectivity index (χ0v) is 9.01. The van der Waals surface area contributed by atoms with Gasteiger partial charge in [-0.3, -0.25) is 4.79 Å². The van der Waals surface area contributed by atoms with Crippen molar-refractivity contribution in [2.45, 2.75) is 6.92 Å². The van der Waals surface area contributed by atoms with E-state index in [-0.39, 0.29) is 0 Å². The van der Waals surface area contributed by atoms with Crippen LogP contribution in [0.2, 0.25) is 5.02 Å². The first-order valence-electron chi connectivity index (χ1n) is 4.02. The average Bonchev–Trinajstić information content (AvgIpc) is 2.16. The number of carbonyl (C=O) groups excluding carboxylic acids is 1. The van der Waals surface area contributed by atoms with Crippen LogP contribution in [0.1, 0.15) is 15.9 Å². The third kappa shape index (κ3) is 1.68. The molecule has 0 amide bonds. The van der Waals surface area contributed by atoms with Gasteiger partial charge in [0.1, 0.15) is 11.3 Å². The molecule has 0 heterocycles. The fraction of sp³-hybridized carbons (Fsp3) is 0.300. The van der Waals surface area contributed by atoms with Crippen molar-refractivity contribution in [3.8, 4) is 11.5 Å². The van der Waals surface area contributed by atoms with Crippen LogP contribution in [0.15, 0.2) is 6.07 Å². The molecule has 0 aliphatic rings. The molecule has 14 heavy (non-hydrogen) atoms. The van der Waals surface area contributed by atoms with E-state index in [1.807, 2.05) is 6.92 Å². The van der Waals surface area contributed by atoms with Crippen LogP contribution in [-0.4, -0.2) is 20.5 Å². The Hall–Kier alpha value is -1.22. The third-order valence-electron chi connectivity index (χ3n) is 1.93. The second-order valence-corrected chi connectivity index (χ2v) is 3.18. The number of carbonyl (C=O) groups is 1. The number of ether oxygens (including phenoxy) is 2. The lowest BCUT2D eigenvalue weighted by atomic mass is 10.1. The Labute approximate surface area is 87.6 Å². The fourth-order valence-electron chi connectivity index (χ4n) is 1.35. The monoisotopic (exact) mass is 214 g/mol. The molecule has 0 bridgehead atoms. The van der Waals surface area contributed by atoms with E-state index >= 15 is 0 Å². The minimum Gasteiger partial charge on any atom is -0.496 e. The predicted molar refractivity (Wildman–Crippen MR) is 54.7 cm³/mol. The normalized spacial score (nSPS) is 9.71. The number of hydrogen-bond acceptors (Lipinski definition) is 3. The quantitative estimate of drug-likeness (QED) is 0.726. The largest absolute Gasteiger partial charge is 0.496 e. The Kier molecular flexibility index (Phi) is 3.36. The molecule has 0 N–H and O–H groups in total. The van der Waals surface area contributed by atoms with Crippen LogP contribution in [0.4, 0.5) is 0 Å². The highest BCUT2D eigenvalue weighted by atomic mass is 35.5. The molecule has 4 heteroatoms. The lowest BCUT2D eigenvalue weighted by Crippen LogP contribution is -1.98. The number of aryl methyl sites for hydroxylation is 1. The molecule has 0 unspecified atom stereocenters. The maximum atomic E-state index is 10.9. The number of aldehydes is 1. The van der Waals surface area contributed by atoms with Gasteiger partial charge in [0.15, 0.2) is 12.0 Å². The summed E-state index contributed by atoms with van der Waals surface area (Å²) in [6, 6.07) is 1.70. The molecule has 0 radical (unpaired) electrons. The van der Waals surface area contributed by atoms with Crippen molar-refractivity contribution in [2.24, 2.45) is 0 Å². The SMILES string of the molecule is COc1c(C)cc(Cl)c(OC)c1C=O. The van der Waals surface area contributed by atoms with Gasteiger partial charge in [0.2, 0.25) is 0 Å². The van der Waals surface area contributed by atoms with Gasteiger partial charge in [-0.05, 0) is 18.6 Å². The molecule has 0 atom stereocenters. The minimum absolute atomic E-state index is 0.347. The maximum Gasteiger partial charge on any atom is 0.157 e. The van der Waals surface area contributed by atoms with Crippen molar-refractivity contribution in [3.05, 3.63) is 22.2 Å². The van der Waals surface area contributed by atoms with E-state index in [2.05, 4.69) is 0 Å². The van der Waals surface area contributed by atoms with E-state index in [1.54, 1.807) is 6.07 Å². The van der Waals surface area contributed by atoms with E-state index in [0.717, 1.165) is 5.56 Å². The van der Waals surface area contributed by atoms with Crippen molar-refractivity contribution in [3.63, 3.8) is 0 Å². The molecule has 0 aromatic heterocycles. The number of methoxy groups -OCH3 is 2. The second kappa shape index (κ2) is 4.33. The molecule has 1 rings (SSSR count). The van der Waals surface area contributed by atoms with Crippen LogP contribution >= 0.6 is 11.6 Å². The zero-order chi connectivity index (χ0) is 10.7. The molecule has 1 aromatic carbocycles. The smallest absolute Gasteiger partial charge is 0.157 e. The van der Waals surface area contributed by atoms with E-state index in [9.17, 15) is 4.79 Å². The fourth-order valence-corrected chi connectivity index (χ4v) is 1.69. The molecule has 0 saturated carbocycles. The Bertz CT molecular complexity index is 333. The Morgan fingerprint density at radius 2 is 1.86 bits per heavy atom. The van der Waals surface area contributed by atoms with Gasteiger partial charge in [-0.2, -0.15) is 0 Å².